The lowest BCUT2D eigenvalue weighted by molar-refractivity contribution is -0.116. The van der Waals surface area contributed by atoms with Crippen molar-refractivity contribution in [2.24, 2.45) is 0 Å². The molecule has 0 unspecified atom stereocenters. The van der Waals surface area contributed by atoms with Crippen LogP contribution in [0.15, 0.2) is 60.8 Å². The Bertz CT molecular complexity index is 915. The summed E-state index contributed by atoms with van der Waals surface area (Å²) in [6.45, 7) is 4.25. The van der Waals surface area contributed by atoms with Crippen LogP contribution in [-0.4, -0.2) is 29.7 Å². The highest BCUT2D eigenvalue weighted by Gasteiger charge is 2.15. The van der Waals surface area contributed by atoms with Gasteiger partial charge in [-0.3, -0.25) is 4.79 Å². The van der Waals surface area contributed by atoms with Crippen molar-refractivity contribution in [2.45, 2.75) is 26.8 Å². The lowest BCUT2D eigenvalue weighted by atomic mass is 10.1. The smallest absolute Gasteiger partial charge is 0.224 e. The third kappa shape index (κ3) is 4.19. The van der Waals surface area contributed by atoms with Crippen LogP contribution in [0.1, 0.15) is 25.2 Å². The Kier molecular flexibility index (Phi) is 5.60. The lowest BCUT2D eigenvalue weighted by Crippen LogP contribution is -2.27. The maximum atomic E-state index is 12.3. The van der Waals surface area contributed by atoms with Crippen molar-refractivity contribution in [3.63, 3.8) is 0 Å². The minimum atomic E-state index is 0.0177. The van der Waals surface area contributed by atoms with Crippen LogP contribution in [-0.2, 0) is 17.8 Å². The van der Waals surface area contributed by atoms with Gasteiger partial charge in [0.1, 0.15) is 5.82 Å². The Balaban J connectivity index is 1.95. The van der Waals surface area contributed by atoms with E-state index in [0.717, 1.165) is 34.8 Å². The monoisotopic (exact) mass is 362 g/mol. The molecule has 3 rings (SSSR count). The van der Waals surface area contributed by atoms with Crippen LogP contribution in [0.2, 0.25) is 0 Å². The summed E-state index contributed by atoms with van der Waals surface area (Å²) in [5, 5.41) is 2.01. The lowest BCUT2D eigenvalue weighted by Gasteiger charge is -2.22. The summed E-state index contributed by atoms with van der Waals surface area (Å²) >= 11 is 0. The molecule has 5 heteroatoms. The zero-order valence-electron chi connectivity index (χ0n) is 16.4. The van der Waals surface area contributed by atoms with Gasteiger partial charge in [-0.2, -0.15) is 0 Å². The van der Waals surface area contributed by atoms with Gasteiger partial charge in [-0.25, -0.2) is 9.66 Å². The van der Waals surface area contributed by atoms with Crippen LogP contribution in [0.3, 0.4) is 0 Å². The minimum Gasteiger partial charge on any atom is -0.318 e. The van der Waals surface area contributed by atoms with Crippen LogP contribution in [0.25, 0.3) is 11.3 Å². The molecule has 0 spiro atoms. The fourth-order valence-electron chi connectivity index (χ4n) is 3.12. The summed E-state index contributed by atoms with van der Waals surface area (Å²) in [6.07, 6.45) is 2.89. The number of aromatic nitrogens is 2. The Morgan fingerprint density at radius 3 is 2.41 bits per heavy atom. The van der Waals surface area contributed by atoms with Crippen molar-refractivity contribution in [3.05, 3.63) is 72.2 Å². The molecule has 0 aliphatic heterocycles. The Hall–Kier alpha value is -3.08. The molecule has 1 aromatic heterocycles. The molecule has 140 valence electrons. The predicted molar refractivity (Wildman–Crippen MR) is 110 cm³/mol. The summed E-state index contributed by atoms with van der Waals surface area (Å²) in [7, 11) is 4.00. The van der Waals surface area contributed by atoms with E-state index in [-0.39, 0.29) is 5.91 Å². The van der Waals surface area contributed by atoms with Crippen molar-refractivity contribution in [1.29, 1.82) is 0 Å². The van der Waals surface area contributed by atoms with Gasteiger partial charge in [-0.1, -0.05) is 49.4 Å². The van der Waals surface area contributed by atoms with Crippen molar-refractivity contribution in [3.8, 4) is 11.3 Å². The number of aryl methyl sites for hydroxylation is 1. The van der Waals surface area contributed by atoms with Gasteiger partial charge in [0.05, 0.1) is 18.4 Å². The normalized spacial score (nSPS) is 10.7. The van der Waals surface area contributed by atoms with Gasteiger partial charge >= 0.3 is 0 Å². The first-order valence-electron chi connectivity index (χ1n) is 9.18. The molecule has 3 aromatic rings. The first-order valence-corrected chi connectivity index (χ1v) is 9.18. The highest BCUT2D eigenvalue weighted by atomic mass is 16.2. The zero-order valence-corrected chi connectivity index (χ0v) is 16.4. The number of amides is 1. The van der Waals surface area contributed by atoms with Gasteiger partial charge in [0.25, 0.3) is 0 Å². The third-order valence-corrected chi connectivity index (χ3v) is 4.52. The molecule has 0 radical (unpaired) electrons. The maximum absolute atomic E-state index is 12.3. The minimum absolute atomic E-state index is 0.0177. The van der Waals surface area contributed by atoms with Crippen molar-refractivity contribution in [2.75, 3.05) is 24.0 Å². The number of carbonyl (C=O) groups is 1. The van der Waals surface area contributed by atoms with E-state index in [1.165, 1.54) is 0 Å². The zero-order chi connectivity index (χ0) is 19.4. The highest BCUT2D eigenvalue weighted by molar-refractivity contribution is 5.92. The molecule has 0 fully saturated rings. The van der Waals surface area contributed by atoms with Crippen LogP contribution in [0.4, 0.5) is 5.69 Å². The van der Waals surface area contributed by atoms with E-state index in [2.05, 4.69) is 11.6 Å². The maximum Gasteiger partial charge on any atom is 0.224 e. The standard InChI is InChI=1S/C22H26N4O/c1-5-22-23-21(16-26(22)24(3)4)19-12-9-13-20(14-19)25(17(2)27)15-18-10-7-6-8-11-18/h6-14,16H,5,15H2,1-4H3. The van der Waals surface area contributed by atoms with E-state index in [4.69, 9.17) is 4.98 Å². The van der Waals surface area contributed by atoms with Gasteiger partial charge in [0, 0.05) is 38.7 Å². The van der Waals surface area contributed by atoms with E-state index in [1.54, 1.807) is 11.8 Å². The number of anilines is 1. The number of hydrogen-bond donors (Lipinski definition) is 0. The van der Waals surface area contributed by atoms with E-state index in [0.29, 0.717) is 6.54 Å². The number of benzene rings is 2. The molecular formula is C22H26N4O. The molecule has 27 heavy (non-hydrogen) atoms. The number of nitrogens with zero attached hydrogens (tertiary/aromatic N) is 4. The largest absolute Gasteiger partial charge is 0.318 e. The fraction of sp³-hybridized carbons (Fsp3) is 0.273. The molecule has 5 nitrogen and oxygen atoms in total. The van der Waals surface area contributed by atoms with E-state index in [9.17, 15) is 4.79 Å². The fourth-order valence-corrected chi connectivity index (χ4v) is 3.12. The van der Waals surface area contributed by atoms with Crippen molar-refractivity contribution in [1.82, 2.24) is 9.66 Å². The summed E-state index contributed by atoms with van der Waals surface area (Å²) in [4.78, 5) is 18.9. The molecule has 2 aromatic carbocycles. The second-order valence-corrected chi connectivity index (χ2v) is 6.73. The average Bonchev–Trinajstić information content (AvgIpc) is 3.12. The molecule has 0 saturated heterocycles. The quantitative estimate of drug-likeness (QED) is 0.668. The molecule has 0 atom stereocenters. The van der Waals surface area contributed by atoms with Gasteiger partial charge in [-0.05, 0) is 17.7 Å². The molecule has 1 amide bonds. The Morgan fingerprint density at radius 2 is 1.81 bits per heavy atom. The van der Waals surface area contributed by atoms with E-state index in [1.807, 2.05) is 79.9 Å². The molecule has 0 aliphatic carbocycles. The highest BCUT2D eigenvalue weighted by Crippen LogP contribution is 2.26. The number of hydrogen-bond acceptors (Lipinski definition) is 3. The van der Waals surface area contributed by atoms with Crippen LogP contribution >= 0.6 is 0 Å². The van der Waals surface area contributed by atoms with E-state index < -0.39 is 0 Å². The summed E-state index contributed by atoms with van der Waals surface area (Å²) in [5.41, 5.74) is 3.89. The van der Waals surface area contributed by atoms with Gasteiger partial charge < -0.3 is 9.91 Å². The van der Waals surface area contributed by atoms with E-state index >= 15 is 0 Å². The second kappa shape index (κ2) is 8.08. The van der Waals surface area contributed by atoms with Crippen molar-refractivity contribution < 1.29 is 4.79 Å². The van der Waals surface area contributed by atoms with Crippen LogP contribution < -0.4 is 9.91 Å². The molecule has 0 aliphatic rings. The van der Waals surface area contributed by atoms with Crippen LogP contribution in [0.5, 0.6) is 0 Å². The average molecular weight is 362 g/mol. The summed E-state index contributed by atoms with van der Waals surface area (Å²) in [5.74, 6) is 1.03. The Labute approximate surface area is 160 Å². The topological polar surface area (TPSA) is 41.4 Å². The molecule has 0 saturated carbocycles. The molecular weight excluding hydrogens is 336 g/mol. The number of imidazole rings is 1. The number of carbonyl (C=O) groups excluding carboxylic acids is 1. The Morgan fingerprint density at radius 1 is 1.07 bits per heavy atom. The summed E-state index contributed by atoms with van der Waals surface area (Å²) in [6, 6.07) is 18.0. The van der Waals surface area contributed by atoms with Gasteiger partial charge in [0.2, 0.25) is 5.91 Å². The predicted octanol–water partition coefficient (Wildman–Crippen LogP) is 3.86. The first kappa shape index (κ1) is 18.7. The third-order valence-electron chi connectivity index (χ3n) is 4.52. The second-order valence-electron chi connectivity index (χ2n) is 6.73. The summed E-state index contributed by atoms with van der Waals surface area (Å²) < 4.78 is 2.05. The molecule has 0 N–H and O–H groups in total. The van der Waals surface area contributed by atoms with Crippen LogP contribution in [0, 0.1) is 0 Å². The SMILES string of the molecule is CCc1nc(-c2cccc(N(Cc3ccccc3)C(C)=O)c2)cn1N(C)C. The molecule has 1 heterocycles. The molecule has 0 bridgehead atoms. The number of rotatable bonds is 6. The van der Waals surface area contributed by atoms with Gasteiger partial charge in [0.15, 0.2) is 0 Å². The van der Waals surface area contributed by atoms with Gasteiger partial charge in [-0.15, -0.1) is 0 Å². The first-order chi connectivity index (χ1) is 13.0. The van der Waals surface area contributed by atoms with Crippen molar-refractivity contribution >= 4 is 11.6 Å².